The number of hydrogen-bond acceptors (Lipinski definition) is 0. The molecule has 0 saturated heterocycles. The van der Waals surface area contributed by atoms with E-state index in [1.165, 1.54) is 0 Å². The van der Waals surface area contributed by atoms with Gasteiger partial charge in [0, 0.05) is 0 Å². The first-order valence-electron chi connectivity index (χ1n) is 3.62. The molecule has 1 rings (SSSR count). The molecule has 0 heterocycles. The molecule has 1 fully saturated rings. The van der Waals surface area contributed by atoms with Gasteiger partial charge in [0.25, 0.3) is 5.67 Å². The topological polar surface area (TPSA) is 0 Å². The Morgan fingerprint density at radius 3 is 1.38 bits per heavy atom. The summed E-state index contributed by atoms with van der Waals surface area (Å²) in [5.41, 5.74) is -5.78. The molecule has 0 amide bonds. The van der Waals surface area contributed by atoms with Crippen molar-refractivity contribution in [3.05, 3.63) is 0 Å². The fraction of sp³-hybridized carbons (Fsp3) is 1.00. The zero-order chi connectivity index (χ0) is 13.2. The van der Waals surface area contributed by atoms with Crippen LogP contribution in [0.1, 0.15) is 0 Å². The molecule has 96 valence electrons. The van der Waals surface area contributed by atoms with Crippen LogP contribution in [0.3, 0.4) is 0 Å². The number of hydrogen-bond donors (Lipinski definition) is 0. The van der Waals surface area contributed by atoms with Crippen molar-refractivity contribution >= 4 is 0 Å². The summed E-state index contributed by atoms with van der Waals surface area (Å²) in [7, 11) is 0. The van der Waals surface area contributed by atoms with Gasteiger partial charge in [-0.2, -0.15) is 26.3 Å². The second-order valence-corrected chi connectivity index (χ2v) is 3.25. The lowest BCUT2D eigenvalue weighted by Crippen LogP contribution is -2.79. The fourth-order valence-corrected chi connectivity index (χ4v) is 1.44. The molecule has 1 aliphatic carbocycles. The van der Waals surface area contributed by atoms with Crippen LogP contribution in [0.25, 0.3) is 0 Å². The molecule has 0 aromatic heterocycles. The lowest BCUT2D eigenvalue weighted by molar-refractivity contribution is -0.434. The van der Waals surface area contributed by atoms with Gasteiger partial charge in [0.05, 0.1) is 0 Å². The molecule has 10 heteroatoms. The van der Waals surface area contributed by atoms with Crippen molar-refractivity contribution in [2.75, 3.05) is 0 Å². The molecule has 0 N–H and O–H groups in total. The van der Waals surface area contributed by atoms with E-state index >= 15 is 0 Å². The first-order valence-corrected chi connectivity index (χ1v) is 3.62. The maximum Gasteiger partial charge on any atom is 0.431 e. The Morgan fingerprint density at radius 1 is 0.812 bits per heavy atom. The summed E-state index contributed by atoms with van der Waals surface area (Å²) in [6.07, 6.45) is -16.7. The van der Waals surface area contributed by atoms with Crippen molar-refractivity contribution in [1.29, 1.82) is 0 Å². The van der Waals surface area contributed by atoms with Gasteiger partial charge in [-0.25, -0.2) is 17.6 Å². The van der Waals surface area contributed by atoms with Gasteiger partial charge in [0.2, 0.25) is 0 Å². The van der Waals surface area contributed by atoms with Gasteiger partial charge in [0.1, 0.15) is 0 Å². The van der Waals surface area contributed by atoms with Crippen LogP contribution in [0.4, 0.5) is 43.9 Å². The first-order chi connectivity index (χ1) is 6.78. The third kappa shape index (κ3) is 1.30. The molecule has 0 spiro atoms. The summed E-state index contributed by atoms with van der Waals surface area (Å²) >= 11 is 0. The van der Waals surface area contributed by atoms with Crippen molar-refractivity contribution in [1.82, 2.24) is 0 Å². The van der Waals surface area contributed by atoms with Crippen LogP contribution in [0.5, 0.6) is 0 Å². The molecule has 1 saturated carbocycles. The van der Waals surface area contributed by atoms with Gasteiger partial charge in [-0.05, 0) is 0 Å². The number of alkyl halides is 10. The van der Waals surface area contributed by atoms with Gasteiger partial charge < -0.3 is 0 Å². The van der Waals surface area contributed by atoms with E-state index in [1.807, 2.05) is 0 Å². The van der Waals surface area contributed by atoms with Gasteiger partial charge in [-0.3, -0.25) is 0 Å². The zero-order valence-electron chi connectivity index (χ0n) is 6.93. The van der Waals surface area contributed by atoms with Crippen LogP contribution < -0.4 is 0 Å². The smallest absolute Gasteiger partial charge is 0.242 e. The molecule has 0 nitrogen and oxygen atoms in total. The Kier molecular flexibility index (Phi) is 2.46. The Morgan fingerprint density at radius 2 is 1.19 bits per heavy atom. The van der Waals surface area contributed by atoms with E-state index < -0.39 is 36.0 Å². The SMILES string of the molecule is FC1C(C(F)(F)F)C(F)(F)C1(F)C(F)(F)F. The van der Waals surface area contributed by atoms with E-state index in [2.05, 4.69) is 0 Å². The molecule has 0 aromatic rings. The largest absolute Gasteiger partial charge is 0.431 e. The van der Waals surface area contributed by atoms with E-state index in [1.54, 1.807) is 0 Å². The van der Waals surface area contributed by atoms with E-state index in [0.717, 1.165) is 0 Å². The highest BCUT2D eigenvalue weighted by molar-refractivity contribution is 5.22. The maximum atomic E-state index is 12.6. The van der Waals surface area contributed by atoms with Gasteiger partial charge in [-0.15, -0.1) is 0 Å². The summed E-state index contributed by atoms with van der Waals surface area (Å²) < 4.78 is 120. The fourth-order valence-electron chi connectivity index (χ4n) is 1.44. The highest BCUT2D eigenvalue weighted by Gasteiger charge is 2.92. The average Bonchev–Trinajstić information content (AvgIpc) is 1.97. The summed E-state index contributed by atoms with van der Waals surface area (Å²) in [4.78, 5) is 0. The van der Waals surface area contributed by atoms with Crippen LogP contribution in [-0.4, -0.2) is 30.1 Å². The standard InChI is InChI=1S/C6H2F10/c7-2-1(5(11,12)13)4(9,10)3(2,8)6(14,15)16/h1-2H. The second-order valence-electron chi connectivity index (χ2n) is 3.25. The van der Waals surface area contributed by atoms with Crippen LogP contribution in [0, 0.1) is 5.92 Å². The molecular formula is C6H2F10. The highest BCUT2D eigenvalue weighted by atomic mass is 19.4. The molecule has 3 unspecified atom stereocenters. The molecule has 1 aliphatic rings. The molecule has 3 atom stereocenters. The van der Waals surface area contributed by atoms with E-state index in [9.17, 15) is 43.9 Å². The summed E-state index contributed by atoms with van der Waals surface area (Å²) in [6, 6.07) is 0. The second kappa shape index (κ2) is 2.95. The average molecular weight is 264 g/mol. The third-order valence-electron chi connectivity index (χ3n) is 2.31. The lowest BCUT2D eigenvalue weighted by atomic mass is 9.65. The van der Waals surface area contributed by atoms with Gasteiger partial charge in [-0.1, -0.05) is 0 Å². The summed E-state index contributed by atoms with van der Waals surface area (Å²) in [5, 5.41) is 0. The van der Waals surface area contributed by atoms with Gasteiger partial charge in [0.15, 0.2) is 12.1 Å². The minimum absolute atomic E-state index is 4.27. The Labute approximate surface area is 81.2 Å². The van der Waals surface area contributed by atoms with Gasteiger partial charge >= 0.3 is 18.3 Å². The Bertz CT molecular complexity index is 287. The molecular weight excluding hydrogens is 262 g/mol. The lowest BCUT2D eigenvalue weighted by Gasteiger charge is -2.51. The molecule has 0 aliphatic heterocycles. The molecule has 16 heavy (non-hydrogen) atoms. The molecule has 0 aromatic carbocycles. The summed E-state index contributed by atoms with van der Waals surface area (Å²) in [5.74, 6) is -10.1. The Balaban J connectivity index is 3.16. The van der Waals surface area contributed by atoms with Crippen LogP contribution >= 0.6 is 0 Å². The quantitative estimate of drug-likeness (QED) is 0.588. The minimum Gasteiger partial charge on any atom is -0.242 e. The van der Waals surface area contributed by atoms with E-state index in [4.69, 9.17) is 0 Å². The predicted octanol–water partition coefficient (Wildman–Crippen LogP) is 3.42. The number of halogens is 10. The zero-order valence-corrected chi connectivity index (χ0v) is 6.93. The number of rotatable bonds is 0. The van der Waals surface area contributed by atoms with E-state index in [-0.39, 0.29) is 0 Å². The first kappa shape index (κ1) is 13.4. The third-order valence-corrected chi connectivity index (χ3v) is 2.31. The minimum atomic E-state index is -6.41. The van der Waals surface area contributed by atoms with Crippen molar-refractivity contribution in [2.24, 2.45) is 5.92 Å². The molecule has 0 radical (unpaired) electrons. The van der Waals surface area contributed by atoms with Crippen molar-refractivity contribution in [3.8, 4) is 0 Å². The molecule has 0 bridgehead atoms. The van der Waals surface area contributed by atoms with Crippen molar-refractivity contribution < 1.29 is 43.9 Å². The monoisotopic (exact) mass is 264 g/mol. The van der Waals surface area contributed by atoms with Crippen molar-refractivity contribution in [2.45, 2.75) is 30.1 Å². The Hall–Kier alpha value is -0.700. The highest BCUT2D eigenvalue weighted by Crippen LogP contribution is 2.66. The van der Waals surface area contributed by atoms with E-state index in [0.29, 0.717) is 0 Å². The summed E-state index contributed by atoms with van der Waals surface area (Å²) in [6.45, 7) is 0. The van der Waals surface area contributed by atoms with Crippen LogP contribution in [-0.2, 0) is 0 Å². The maximum absolute atomic E-state index is 12.6. The predicted molar refractivity (Wildman–Crippen MR) is 29.3 cm³/mol. The van der Waals surface area contributed by atoms with Crippen LogP contribution in [0.15, 0.2) is 0 Å². The van der Waals surface area contributed by atoms with Crippen molar-refractivity contribution in [3.63, 3.8) is 0 Å². The van der Waals surface area contributed by atoms with Crippen LogP contribution in [0.2, 0.25) is 0 Å². The normalized spacial score (nSPS) is 39.4.